The molecule has 1 amide bonds. The van der Waals surface area contributed by atoms with Crippen molar-refractivity contribution >= 4 is 21.9 Å². The van der Waals surface area contributed by atoms with Crippen LogP contribution in [0.4, 0.5) is 4.39 Å². The van der Waals surface area contributed by atoms with Crippen molar-refractivity contribution in [2.75, 3.05) is 26.7 Å². The number of carbonyl (C=O) groups excluding carboxylic acids is 2. The highest BCUT2D eigenvalue weighted by Crippen LogP contribution is 2.28. The Morgan fingerprint density at radius 2 is 1.68 bits per heavy atom. The minimum Gasteiger partial charge on any atom is -0.465 e. The van der Waals surface area contributed by atoms with E-state index in [9.17, 15) is 22.4 Å². The second kappa shape index (κ2) is 11.0. The minimum absolute atomic E-state index is 0.00111. The summed E-state index contributed by atoms with van der Waals surface area (Å²) in [7, 11) is -2.67. The average Bonchev–Trinajstić information content (AvgIpc) is 2.92. The molecule has 0 N–H and O–H groups in total. The van der Waals surface area contributed by atoms with E-state index in [0.717, 1.165) is 12.1 Å². The first-order valence-electron chi connectivity index (χ1n) is 12.2. The van der Waals surface area contributed by atoms with Gasteiger partial charge in [-0.2, -0.15) is 4.31 Å². The molecule has 1 aromatic heterocycles. The number of ether oxygens (including phenoxy) is 1. The van der Waals surface area contributed by atoms with Gasteiger partial charge < -0.3 is 9.64 Å². The van der Waals surface area contributed by atoms with E-state index in [1.54, 1.807) is 6.92 Å². The van der Waals surface area contributed by atoms with Crippen LogP contribution in [-0.2, 0) is 14.8 Å². The molecule has 200 valence electrons. The minimum atomic E-state index is -3.90. The van der Waals surface area contributed by atoms with Crippen LogP contribution in [0.1, 0.15) is 53.2 Å². The summed E-state index contributed by atoms with van der Waals surface area (Å²) in [5.41, 5.74) is 0.987. The van der Waals surface area contributed by atoms with E-state index < -0.39 is 33.8 Å². The van der Waals surface area contributed by atoms with Crippen LogP contribution in [0.15, 0.2) is 59.5 Å². The Morgan fingerprint density at radius 1 is 1.03 bits per heavy atom. The molecule has 0 bridgehead atoms. The summed E-state index contributed by atoms with van der Waals surface area (Å²) in [6.07, 6.45) is 0. The van der Waals surface area contributed by atoms with Gasteiger partial charge in [-0.1, -0.05) is 44.2 Å². The number of halogens is 1. The third-order valence-electron chi connectivity index (χ3n) is 6.38. The summed E-state index contributed by atoms with van der Waals surface area (Å²) >= 11 is 0. The average molecular weight is 541 g/mol. The third-order valence-corrected chi connectivity index (χ3v) is 8.41. The van der Waals surface area contributed by atoms with Gasteiger partial charge in [0.15, 0.2) is 5.82 Å². The molecule has 1 aliphatic rings. The predicted octanol–water partition coefficient (Wildman–Crippen LogP) is 3.73. The van der Waals surface area contributed by atoms with Crippen LogP contribution in [-0.4, -0.2) is 72.3 Å². The lowest BCUT2D eigenvalue weighted by Gasteiger charge is -2.39. The molecule has 1 fully saturated rings. The zero-order valence-electron chi connectivity index (χ0n) is 21.6. The van der Waals surface area contributed by atoms with E-state index in [4.69, 9.17) is 4.74 Å². The van der Waals surface area contributed by atoms with Gasteiger partial charge in [-0.3, -0.25) is 4.79 Å². The van der Waals surface area contributed by atoms with Crippen LogP contribution >= 0.6 is 0 Å². The maximum Gasteiger partial charge on any atom is 0.342 e. The van der Waals surface area contributed by atoms with Gasteiger partial charge in [0, 0.05) is 31.2 Å². The molecular weight excluding hydrogens is 511 g/mol. The zero-order chi connectivity index (χ0) is 27.6. The molecule has 4 rings (SSSR count). The number of amides is 1. The molecule has 0 aliphatic carbocycles. The summed E-state index contributed by atoms with van der Waals surface area (Å²) < 4.78 is 46.0. The Bertz CT molecular complexity index is 1450. The van der Waals surface area contributed by atoms with Crippen LogP contribution in [0.3, 0.4) is 0 Å². The summed E-state index contributed by atoms with van der Waals surface area (Å²) in [6, 6.07) is 13.2. The van der Waals surface area contributed by atoms with Gasteiger partial charge in [-0.05, 0) is 37.1 Å². The molecule has 2 heterocycles. The highest BCUT2D eigenvalue weighted by atomic mass is 32.2. The highest BCUT2D eigenvalue weighted by Gasteiger charge is 2.37. The summed E-state index contributed by atoms with van der Waals surface area (Å²) in [5.74, 6) is -1.68. The number of carbonyl (C=O) groups is 2. The number of aromatic nitrogens is 2. The zero-order valence-corrected chi connectivity index (χ0v) is 22.4. The Hall–Kier alpha value is -3.70. The third kappa shape index (κ3) is 5.30. The lowest BCUT2D eigenvalue weighted by atomic mass is 10.0. The molecule has 11 heteroatoms. The number of methoxy groups -OCH3 is 1. The van der Waals surface area contributed by atoms with Crippen molar-refractivity contribution in [1.29, 1.82) is 0 Å². The van der Waals surface area contributed by atoms with Crippen molar-refractivity contribution in [1.82, 2.24) is 19.2 Å². The second-order valence-electron chi connectivity index (χ2n) is 9.34. The Kier molecular flexibility index (Phi) is 7.89. The van der Waals surface area contributed by atoms with Gasteiger partial charge in [0.2, 0.25) is 10.0 Å². The summed E-state index contributed by atoms with van der Waals surface area (Å²) in [5, 5.41) is 0. The normalized spacial score (nSPS) is 16.5. The Balaban J connectivity index is 1.70. The van der Waals surface area contributed by atoms with E-state index >= 15 is 0 Å². The molecule has 1 atom stereocenters. The van der Waals surface area contributed by atoms with E-state index in [1.807, 2.05) is 44.2 Å². The van der Waals surface area contributed by atoms with Crippen LogP contribution in [0.5, 0.6) is 0 Å². The summed E-state index contributed by atoms with van der Waals surface area (Å²) in [4.78, 5) is 37.2. The molecule has 0 spiro atoms. The van der Waals surface area contributed by atoms with Gasteiger partial charge in [-0.25, -0.2) is 27.6 Å². The predicted molar refractivity (Wildman–Crippen MR) is 139 cm³/mol. The van der Waals surface area contributed by atoms with Gasteiger partial charge in [0.1, 0.15) is 17.1 Å². The largest absolute Gasteiger partial charge is 0.465 e. The van der Waals surface area contributed by atoms with Crippen LogP contribution < -0.4 is 0 Å². The van der Waals surface area contributed by atoms with Crippen molar-refractivity contribution in [2.24, 2.45) is 0 Å². The molecule has 1 saturated heterocycles. The monoisotopic (exact) mass is 540 g/mol. The first-order valence-corrected chi connectivity index (χ1v) is 13.6. The highest BCUT2D eigenvalue weighted by molar-refractivity contribution is 7.89. The van der Waals surface area contributed by atoms with Gasteiger partial charge in [0.05, 0.1) is 17.7 Å². The number of sulfonamides is 1. The number of esters is 1. The van der Waals surface area contributed by atoms with Crippen molar-refractivity contribution < 1.29 is 27.1 Å². The molecule has 1 unspecified atom stereocenters. The van der Waals surface area contributed by atoms with Crippen LogP contribution in [0.25, 0.3) is 11.4 Å². The van der Waals surface area contributed by atoms with Crippen LogP contribution in [0, 0.1) is 5.82 Å². The molecule has 38 heavy (non-hydrogen) atoms. The Morgan fingerprint density at radius 3 is 2.26 bits per heavy atom. The molecule has 2 aromatic carbocycles. The van der Waals surface area contributed by atoms with E-state index in [0.29, 0.717) is 17.1 Å². The Labute approximate surface area is 221 Å². The quantitative estimate of drug-likeness (QED) is 0.438. The van der Waals surface area contributed by atoms with E-state index in [-0.39, 0.29) is 41.7 Å². The lowest BCUT2D eigenvalue weighted by molar-refractivity contribution is 0.0569. The lowest BCUT2D eigenvalue weighted by Crippen LogP contribution is -2.55. The van der Waals surface area contributed by atoms with Crippen molar-refractivity contribution in [3.63, 3.8) is 0 Å². The molecule has 0 radical (unpaired) electrons. The number of nitrogens with zero attached hydrogens (tertiary/aromatic N) is 4. The fourth-order valence-corrected chi connectivity index (χ4v) is 6.06. The van der Waals surface area contributed by atoms with Gasteiger partial charge in [0.25, 0.3) is 5.91 Å². The first kappa shape index (κ1) is 27.3. The molecule has 9 nitrogen and oxygen atoms in total. The fraction of sp³-hybridized carbons (Fsp3) is 0.333. The number of hydrogen-bond acceptors (Lipinski definition) is 7. The van der Waals surface area contributed by atoms with Gasteiger partial charge >= 0.3 is 5.97 Å². The molecule has 0 saturated carbocycles. The smallest absolute Gasteiger partial charge is 0.342 e. The SMILES string of the molecule is COC(=O)c1c(C(=O)N2CCN(S(=O)(=O)c3ccc(F)cc3)C(C)C2)nc(-c2ccccc2)nc1C(C)C. The van der Waals surface area contributed by atoms with E-state index in [1.165, 1.54) is 28.4 Å². The number of rotatable bonds is 6. The number of hydrogen-bond donors (Lipinski definition) is 0. The maximum absolute atomic E-state index is 13.8. The van der Waals surface area contributed by atoms with Crippen molar-refractivity contribution in [2.45, 2.75) is 37.6 Å². The van der Waals surface area contributed by atoms with Crippen molar-refractivity contribution in [3.05, 3.63) is 77.4 Å². The molecule has 3 aromatic rings. The number of piperazine rings is 1. The fourth-order valence-electron chi connectivity index (χ4n) is 4.44. The maximum atomic E-state index is 13.8. The number of benzene rings is 2. The first-order chi connectivity index (χ1) is 18.0. The second-order valence-corrected chi connectivity index (χ2v) is 11.2. The van der Waals surface area contributed by atoms with Crippen LogP contribution in [0.2, 0.25) is 0 Å². The van der Waals surface area contributed by atoms with E-state index in [2.05, 4.69) is 9.97 Å². The molecular formula is C27H29FN4O5S. The topological polar surface area (TPSA) is 110 Å². The molecule has 1 aliphatic heterocycles. The van der Waals surface area contributed by atoms with Crippen molar-refractivity contribution in [3.8, 4) is 11.4 Å². The van der Waals surface area contributed by atoms with Gasteiger partial charge in [-0.15, -0.1) is 0 Å². The summed E-state index contributed by atoms with van der Waals surface area (Å²) in [6.45, 7) is 5.58. The standard InChI is InChI=1S/C27H29FN4O5S/c1-17(2)23-22(27(34)37-4)24(30-25(29-23)19-8-6-5-7-9-19)26(33)31-14-15-32(18(3)16-31)38(35,36)21-12-10-20(28)11-13-21/h5-13,17-18H,14-16H2,1-4H3.